The predicted octanol–water partition coefficient (Wildman–Crippen LogP) is 2.39. The van der Waals surface area contributed by atoms with Gasteiger partial charge in [0.15, 0.2) is 0 Å². The second-order valence-corrected chi connectivity index (χ2v) is 6.17. The van der Waals surface area contributed by atoms with Gasteiger partial charge in [-0.25, -0.2) is 9.97 Å². The smallest absolute Gasteiger partial charge is 0.222 e. The molecule has 2 rings (SSSR count). The zero-order chi connectivity index (χ0) is 10.5. The van der Waals surface area contributed by atoms with Gasteiger partial charge in [-0.2, -0.15) is 23.5 Å². The summed E-state index contributed by atoms with van der Waals surface area (Å²) in [6.07, 6.45) is 3.22. The van der Waals surface area contributed by atoms with E-state index in [1.54, 1.807) is 12.4 Å². The Balaban J connectivity index is 1.79. The fourth-order valence-corrected chi connectivity index (χ4v) is 3.97. The van der Waals surface area contributed by atoms with E-state index in [1.807, 2.05) is 23.5 Å². The maximum Gasteiger partial charge on any atom is 0.222 e. The first kappa shape index (κ1) is 11.4. The maximum atomic E-state index is 5.70. The van der Waals surface area contributed by atoms with Crippen LogP contribution < -0.4 is 5.32 Å². The first-order chi connectivity index (χ1) is 7.34. The van der Waals surface area contributed by atoms with Gasteiger partial charge in [0.25, 0.3) is 0 Å². The second kappa shape index (κ2) is 5.82. The molecule has 1 N–H and O–H groups in total. The van der Waals surface area contributed by atoms with Crippen LogP contribution >= 0.6 is 35.1 Å². The Bertz CT molecular complexity index is 301. The topological polar surface area (TPSA) is 37.8 Å². The summed E-state index contributed by atoms with van der Waals surface area (Å²) in [5, 5.41) is 4.47. The van der Waals surface area contributed by atoms with Crippen molar-refractivity contribution in [2.24, 2.45) is 0 Å². The minimum atomic E-state index is 0.572. The number of anilines is 1. The predicted molar refractivity (Wildman–Crippen MR) is 69.1 cm³/mol. The molecule has 1 aromatic rings. The van der Waals surface area contributed by atoms with Crippen LogP contribution in [0.2, 0.25) is 5.02 Å². The van der Waals surface area contributed by atoms with Crippen LogP contribution in [0.1, 0.15) is 0 Å². The number of rotatable bonds is 3. The average Bonchev–Trinajstić information content (AvgIpc) is 2.30. The van der Waals surface area contributed by atoms with Crippen molar-refractivity contribution >= 4 is 41.1 Å². The number of nitrogens with zero attached hydrogens (tertiary/aromatic N) is 2. The van der Waals surface area contributed by atoms with Crippen LogP contribution in [0.5, 0.6) is 0 Å². The quantitative estimate of drug-likeness (QED) is 0.905. The van der Waals surface area contributed by atoms with Crippen LogP contribution in [-0.4, -0.2) is 39.0 Å². The standard InChI is InChI=1S/C9H12ClN3S2/c10-7-3-11-9(12-4-7)13-5-8-6-14-1-2-15-8/h3-4,8H,1-2,5-6H2,(H,11,12,13). The van der Waals surface area contributed by atoms with Crippen molar-refractivity contribution in [3.8, 4) is 0 Å². The van der Waals surface area contributed by atoms with E-state index in [-0.39, 0.29) is 0 Å². The van der Waals surface area contributed by atoms with Crippen molar-refractivity contribution in [3.63, 3.8) is 0 Å². The molecule has 1 saturated heterocycles. The van der Waals surface area contributed by atoms with E-state index in [2.05, 4.69) is 15.3 Å². The van der Waals surface area contributed by atoms with E-state index in [9.17, 15) is 0 Å². The molecule has 0 aromatic carbocycles. The number of nitrogens with one attached hydrogen (secondary N) is 1. The van der Waals surface area contributed by atoms with Gasteiger partial charge in [0.2, 0.25) is 5.95 Å². The minimum absolute atomic E-state index is 0.572. The number of thioether (sulfide) groups is 2. The first-order valence-corrected chi connectivity index (χ1v) is 7.33. The summed E-state index contributed by atoms with van der Waals surface area (Å²) >= 11 is 9.74. The highest BCUT2D eigenvalue weighted by Gasteiger charge is 2.13. The van der Waals surface area contributed by atoms with Crippen LogP contribution in [0, 0.1) is 0 Å². The van der Waals surface area contributed by atoms with Gasteiger partial charge in [-0.3, -0.25) is 0 Å². The van der Waals surface area contributed by atoms with Crippen LogP contribution in [0.4, 0.5) is 5.95 Å². The van der Waals surface area contributed by atoms with E-state index in [1.165, 1.54) is 17.3 Å². The van der Waals surface area contributed by atoms with Crippen LogP contribution in [0.25, 0.3) is 0 Å². The molecule has 1 aromatic heterocycles. The minimum Gasteiger partial charge on any atom is -0.353 e. The molecule has 1 unspecified atom stereocenters. The van der Waals surface area contributed by atoms with Crippen molar-refractivity contribution in [3.05, 3.63) is 17.4 Å². The van der Waals surface area contributed by atoms with Crippen molar-refractivity contribution in [2.45, 2.75) is 5.25 Å². The lowest BCUT2D eigenvalue weighted by molar-refractivity contribution is 0.973. The lowest BCUT2D eigenvalue weighted by Crippen LogP contribution is -2.23. The molecule has 1 fully saturated rings. The summed E-state index contributed by atoms with van der Waals surface area (Å²) in [5.41, 5.74) is 0. The molecule has 0 bridgehead atoms. The third-order valence-corrected chi connectivity index (χ3v) is 5.03. The molecule has 0 radical (unpaired) electrons. The molecule has 2 heterocycles. The molecule has 1 atom stereocenters. The molecular weight excluding hydrogens is 250 g/mol. The zero-order valence-electron chi connectivity index (χ0n) is 8.15. The van der Waals surface area contributed by atoms with Crippen molar-refractivity contribution in [2.75, 3.05) is 29.1 Å². The highest BCUT2D eigenvalue weighted by atomic mass is 35.5. The van der Waals surface area contributed by atoms with Gasteiger partial charge in [-0.05, 0) is 0 Å². The highest BCUT2D eigenvalue weighted by Crippen LogP contribution is 2.23. The second-order valence-electron chi connectivity index (χ2n) is 3.17. The number of halogens is 1. The average molecular weight is 262 g/mol. The Kier molecular flexibility index (Phi) is 4.41. The summed E-state index contributed by atoms with van der Waals surface area (Å²) in [4.78, 5) is 8.18. The molecule has 0 saturated carbocycles. The van der Waals surface area contributed by atoms with E-state index in [0.29, 0.717) is 16.2 Å². The van der Waals surface area contributed by atoms with Gasteiger partial charge in [-0.1, -0.05) is 11.6 Å². The molecule has 82 valence electrons. The molecule has 0 amide bonds. The van der Waals surface area contributed by atoms with E-state index >= 15 is 0 Å². The summed E-state index contributed by atoms with van der Waals surface area (Å²) in [6, 6.07) is 0. The van der Waals surface area contributed by atoms with Gasteiger partial charge in [-0.15, -0.1) is 0 Å². The number of aromatic nitrogens is 2. The van der Waals surface area contributed by atoms with Crippen molar-refractivity contribution in [1.82, 2.24) is 9.97 Å². The summed E-state index contributed by atoms with van der Waals surface area (Å²) in [7, 11) is 0. The van der Waals surface area contributed by atoms with Crippen molar-refractivity contribution in [1.29, 1.82) is 0 Å². The Labute approximate surface area is 103 Å². The molecule has 1 aliphatic heterocycles. The van der Waals surface area contributed by atoms with E-state index in [0.717, 1.165) is 6.54 Å². The summed E-state index contributed by atoms with van der Waals surface area (Å²) < 4.78 is 0. The lowest BCUT2D eigenvalue weighted by atomic mass is 10.5. The van der Waals surface area contributed by atoms with Gasteiger partial charge in [0.1, 0.15) is 0 Å². The summed E-state index contributed by atoms with van der Waals surface area (Å²) in [6.45, 7) is 0.930. The normalized spacial score (nSPS) is 21.3. The largest absolute Gasteiger partial charge is 0.353 e. The van der Waals surface area contributed by atoms with Crippen molar-refractivity contribution < 1.29 is 0 Å². The van der Waals surface area contributed by atoms with Crippen LogP contribution in [0.15, 0.2) is 12.4 Å². The van der Waals surface area contributed by atoms with E-state index < -0.39 is 0 Å². The van der Waals surface area contributed by atoms with E-state index in [4.69, 9.17) is 11.6 Å². The van der Waals surface area contributed by atoms with Gasteiger partial charge < -0.3 is 5.32 Å². The molecule has 0 spiro atoms. The Morgan fingerprint density at radius 2 is 2.20 bits per heavy atom. The molecule has 6 heteroatoms. The van der Waals surface area contributed by atoms with Gasteiger partial charge >= 0.3 is 0 Å². The van der Waals surface area contributed by atoms with Gasteiger partial charge in [0.05, 0.1) is 17.4 Å². The third kappa shape index (κ3) is 3.74. The SMILES string of the molecule is Clc1cnc(NCC2CSCCS2)nc1. The molecular formula is C9H12ClN3S2. The fourth-order valence-electron chi connectivity index (χ4n) is 1.26. The lowest BCUT2D eigenvalue weighted by Gasteiger charge is -2.20. The third-order valence-electron chi connectivity index (χ3n) is 1.99. The molecule has 15 heavy (non-hydrogen) atoms. The number of hydrogen-bond donors (Lipinski definition) is 1. The Morgan fingerprint density at radius 3 is 2.87 bits per heavy atom. The number of hydrogen-bond acceptors (Lipinski definition) is 5. The Hall–Kier alpha value is -0.130. The monoisotopic (exact) mass is 261 g/mol. The maximum absolute atomic E-state index is 5.70. The molecule has 3 nitrogen and oxygen atoms in total. The van der Waals surface area contributed by atoms with Crippen LogP contribution in [-0.2, 0) is 0 Å². The first-order valence-electron chi connectivity index (χ1n) is 4.75. The zero-order valence-corrected chi connectivity index (χ0v) is 10.5. The molecule has 0 aliphatic carbocycles. The fraction of sp³-hybridized carbons (Fsp3) is 0.556. The highest BCUT2D eigenvalue weighted by molar-refractivity contribution is 8.06. The van der Waals surface area contributed by atoms with Crippen LogP contribution in [0.3, 0.4) is 0 Å². The Morgan fingerprint density at radius 1 is 1.40 bits per heavy atom. The summed E-state index contributed by atoms with van der Waals surface area (Å²) in [5.74, 6) is 4.40. The molecule has 1 aliphatic rings. The van der Waals surface area contributed by atoms with Gasteiger partial charge in [0, 0.05) is 29.1 Å².